The van der Waals surface area contributed by atoms with Crippen LogP contribution in [0.5, 0.6) is 0 Å². The highest BCUT2D eigenvalue weighted by atomic mass is 79.9. The summed E-state index contributed by atoms with van der Waals surface area (Å²) in [7, 11) is 0. The number of thiazole rings is 1. The summed E-state index contributed by atoms with van der Waals surface area (Å²) in [5.41, 5.74) is 1.96. The molecule has 1 unspecified atom stereocenters. The molecular formula is C13H10BrNOS2. The Morgan fingerprint density at radius 1 is 1.33 bits per heavy atom. The topological polar surface area (TPSA) is 33.1 Å². The summed E-state index contributed by atoms with van der Waals surface area (Å²) in [6.45, 7) is 0. The zero-order chi connectivity index (χ0) is 12.5. The van der Waals surface area contributed by atoms with Crippen LogP contribution < -0.4 is 0 Å². The molecule has 0 fully saturated rings. The maximum Gasteiger partial charge on any atom is 0.0967 e. The summed E-state index contributed by atoms with van der Waals surface area (Å²) in [6.07, 6.45) is 0.0933. The van der Waals surface area contributed by atoms with Gasteiger partial charge in [-0.2, -0.15) is 0 Å². The van der Waals surface area contributed by atoms with Crippen molar-refractivity contribution in [2.75, 3.05) is 0 Å². The summed E-state index contributed by atoms with van der Waals surface area (Å²) >= 11 is 6.64. The first-order valence-electron chi connectivity index (χ1n) is 5.49. The number of hydrogen-bond acceptors (Lipinski definition) is 4. The Bertz CT molecular complexity index is 643. The van der Waals surface area contributed by atoms with Gasteiger partial charge in [-0.1, -0.05) is 12.1 Å². The lowest BCUT2D eigenvalue weighted by Crippen LogP contribution is -1.99. The average molecular weight is 340 g/mol. The zero-order valence-electron chi connectivity index (χ0n) is 9.34. The molecule has 0 bridgehead atoms. The quantitative estimate of drug-likeness (QED) is 0.767. The second kappa shape index (κ2) is 5.09. The van der Waals surface area contributed by atoms with Gasteiger partial charge in [0, 0.05) is 6.42 Å². The van der Waals surface area contributed by atoms with Crippen LogP contribution in [0.2, 0.25) is 0 Å². The fraction of sp³-hybridized carbons (Fsp3) is 0.154. The van der Waals surface area contributed by atoms with Gasteiger partial charge in [0.1, 0.15) is 0 Å². The van der Waals surface area contributed by atoms with Crippen LogP contribution in [0.25, 0.3) is 10.2 Å². The van der Waals surface area contributed by atoms with Crippen molar-refractivity contribution in [2.24, 2.45) is 0 Å². The van der Waals surface area contributed by atoms with Gasteiger partial charge in [-0.25, -0.2) is 4.98 Å². The lowest BCUT2D eigenvalue weighted by atomic mass is 10.1. The highest BCUT2D eigenvalue weighted by molar-refractivity contribution is 9.11. The summed E-state index contributed by atoms with van der Waals surface area (Å²) in [6, 6.07) is 10.0. The van der Waals surface area contributed by atoms with E-state index >= 15 is 0 Å². The van der Waals surface area contributed by atoms with Gasteiger partial charge in [0.15, 0.2) is 0 Å². The monoisotopic (exact) mass is 339 g/mol. The van der Waals surface area contributed by atoms with Crippen molar-refractivity contribution in [1.29, 1.82) is 0 Å². The zero-order valence-corrected chi connectivity index (χ0v) is 12.6. The van der Waals surface area contributed by atoms with Gasteiger partial charge in [0.2, 0.25) is 0 Å². The molecule has 92 valence electrons. The molecule has 3 aromatic rings. The van der Waals surface area contributed by atoms with Crippen LogP contribution in [0.3, 0.4) is 0 Å². The first kappa shape index (κ1) is 12.3. The normalized spacial score (nSPS) is 13.0. The summed E-state index contributed by atoms with van der Waals surface area (Å²) < 4.78 is 2.21. The van der Waals surface area contributed by atoms with Crippen molar-refractivity contribution < 1.29 is 5.11 Å². The maximum atomic E-state index is 10.2. The SMILES string of the molecule is OC(Cc1nc2ccccc2s1)c1csc(Br)c1. The van der Waals surface area contributed by atoms with Crippen molar-refractivity contribution >= 4 is 48.8 Å². The number of aliphatic hydroxyl groups is 1. The lowest BCUT2D eigenvalue weighted by Gasteiger charge is -2.05. The van der Waals surface area contributed by atoms with Crippen molar-refractivity contribution in [1.82, 2.24) is 4.98 Å². The lowest BCUT2D eigenvalue weighted by molar-refractivity contribution is 0.179. The Labute approximate surface area is 121 Å². The molecule has 1 aromatic carbocycles. The van der Waals surface area contributed by atoms with Gasteiger partial charge < -0.3 is 5.11 Å². The Kier molecular flexibility index (Phi) is 3.48. The number of hydrogen-bond donors (Lipinski definition) is 1. The van der Waals surface area contributed by atoms with Crippen LogP contribution in [-0.4, -0.2) is 10.1 Å². The molecule has 0 aliphatic heterocycles. The highest BCUT2D eigenvalue weighted by Gasteiger charge is 2.13. The van der Waals surface area contributed by atoms with E-state index in [-0.39, 0.29) is 0 Å². The van der Waals surface area contributed by atoms with Gasteiger partial charge in [0.25, 0.3) is 0 Å². The fourth-order valence-electron chi connectivity index (χ4n) is 1.79. The number of rotatable bonds is 3. The third kappa shape index (κ3) is 2.49. The molecule has 0 aliphatic carbocycles. The van der Waals surface area contributed by atoms with Gasteiger partial charge in [-0.05, 0) is 45.1 Å². The molecule has 0 spiro atoms. The third-order valence-electron chi connectivity index (χ3n) is 2.68. The number of aromatic nitrogens is 1. The van der Waals surface area contributed by atoms with E-state index in [1.54, 1.807) is 22.7 Å². The Hall–Kier alpha value is -0.750. The summed E-state index contributed by atoms with van der Waals surface area (Å²) in [4.78, 5) is 4.54. The number of aliphatic hydroxyl groups excluding tert-OH is 1. The number of para-hydroxylation sites is 1. The number of fused-ring (bicyclic) bond motifs is 1. The van der Waals surface area contributed by atoms with E-state index in [0.29, 0.717) is 6.42 Å². The molecule has 2 heterocycles. The molecule has 0 radical (unpaired) electrons. The number of benzene rings is 1. The van der Waals surface area contributed by atoms with E-state index in [1.165, 1.54) is 4.70 Å². The van der Waals surface area contributed by atoms with E-state index in [4.69, 9.17) is 0 Å². The van der Waals surface area contributed by atoms with Crippen LogP contribution >= 0.6 is 38.6 Å². The fourth-order valence-corrected chi connectivity index (χ4v) is 4.02. The molecule has 3 rings (SSSR count). The Morgan fingerprint density at radius 3 is 2.89 bits per heavy atom. The minimum absolute atomic E-state index is 0.479. The molecule has 1 N–H and O–H groups in total. The van der Waals surface area contributed by atoms with Crippen molar-refractivity contribution in [3.63, 3.8) is 0 Å². The Balaban J connectivity index is 1.83. The first-order valence-corrected chi connectivity index (χ1v) is 7.98. The molecule has 0 saturated heterocycles. The molecule has 0 aliphatic rings. The minimum Gasteiger partial charge on any atom is -0.388 e. The second-order valence-corrected chi connectivity index (χ2v) is 7.39. The van der Waals surface area contributed by atoms with Crippen molar-refractivity contribution in [3.05, 3.63) is 50.1 Å². The number of halogens is 1. The van der Waals surface area contributed by atoms with Crippen LogP contribution in [-0.2, 0) is 6.42 Å². The van der Waals surface area contributed by atoms with Crippen molar-refractivity contribution in [3.8, 4) is 0 Å². The van der Waals surface area contributed by atoms with E-state index in [0.717, 1.165) is 19.9 Å². The van der Waals surface area contributed by atoms with Crippen LogP contribution in [0.15, 0.2) is 39.5 Å². The van der Waals surface area contributed by atoms with Crippen LogP contribution in [0.4, 0.5) is 0 Å². The first-order chi connectivity index (χ1) is 8.72. The van der Waals surface area contributed by atoms with Crippen LogP contribution in [0.1, 0.15) is 16.7 Å². The highest BCUT2D eigenvalue weighted by Crippen LogP contribution is 2.29. The predicted octanol–water partition coefficient (Wildman–Crippen LogP) is 4.40. The molecule has 5 heteroatoms. The standard InChI is InChI=1S/C13H10BrNOS2/c14-12-5-8(7-17-12)10(16)6-13-15-9-3-1-2-4-11(9)18-13/h1-5,7,10,16H,6H2. The van der Waals surface area contributed by atoms with Gasteiger partial charge in [0.05, 0.1) is 25.1 Å². The number of nitrogens with zero attached hydrogens (tertiary/aromatic N) is 1. The molecule has 2 aromatic heterocycles. The molecule has 0 saturated carbocycles. The minimum atomic E-state index is -0.479. The third-order valence-corrected chi connectivity index (χ3v) is 5.26. The summed E-state index contributed by atoms with van der Waals surface area (Å²) in [5, 5.41) is 13.1. The van der Waals surface area contributed by atoms with Crippen molar-refractivity contribution in [2.45, 2.75) is 12.5 Å². The predicted molar refractivity (Wildman–Crippen MR) is 80.3 cm³/mol. The van der Waals surface area contributed by atoms with Gasteiger partial charge in [-0.15, -0.1) is 22.7 Å². The van der Waals surface area contributed by atoms with Gasteiger partial charge >= 0.3 is 0 Å². The van der Waals surface area contributed by atoms with Gasteiger partial charge in [-0.3, -0.25) is 0 Å². The van der Waals surface area contributed by atoms with E-state index < -0.39 is 6.10 Å². The van der Waals surface area contributed by atoms with E-state index in [1.807, 2.05) is 29.6 Å². The van der Waals surface area contributed by atoms with E-state index in [9.17, 15) is 5.11 Å². The summed E-state index contributed by atoms with van der Waals surface area (Å²) in [5.74, 6) is 0. The van der Waals surface area contributed by atoms with Crippen LogP contribution in [0, 0.1) is 0 Å². The molecular weight excluding hydrogens is 330 g/mol. The second-order valence-electron chi connectivity index (χ2n) is 3.98. The largest absolute Gasteiger partial charge is 0.388 e. The average Bonchev–Trinajstić information content (AvgIpc) is 2.94. The Morgan fingerprint density at radius 2 is 2.17 bits per heavy atom. The molecule has 18 heavy (non-hydrogen) atoms. The van der Waals surface area contributed by atoms with E-state index in [2.05, 4.69) is 27.0 Å². The number of thiophene rings is 1. The molecule has 2 nitrogen and oxygen atoms in total. The molecule has 0 amide bonds. The molecule has 1 atom stereocenters. The smallest absolute Gasteiger partial charge is 0.0967 e. The maximum absolute atomic E-state index is 10.2.